The van der Waals surface area contributed by atoms with Crippen molar-refractivity contribution in [1.82, 2.24) is 40.4 Å². The summed E-state index contributed by atoms with van der Waals surface area (Å²) in [6.07, 6.45) is -3.00. The van der Waals surface area contributed by atoms with Gasteiger partial charge in [-0.3, -0.25) is 4.57 Å². The van der Waals surface area contributed by atoms with Crippen molar-refractivity contribution in [2.45, 2.75) is 55.2 Å². The predicted molar refractivity (Wildman–Crippen MR) is 143 cm³/mol. The quantitative estimate of drug-likeness (QED) is 0.0895. The van der Waals surface area contributed by atoms with E-state index in [0.29, 0.717) is 11.2 Å². The average Bonchev–Trinajstić information content (AvgIpc) is 3.75. The molecule has 7 N–H and O–H groups in total. The fourth-order valence-electron chi connectivity index (χ4n) is 5.31. The predicted octanol–water partition coefficient (Wildman–Crippen LogP) is -0.163. The Morgan fingerprint density at radius 3 is 2.79 bits per heavy atom. The zero-order valence-corrected chi connectivity index (χ0v) is 23.4. The van der Waals surface area contributed by atoms with Crippen LogP contribution in [-0.2, 0) is 26.9 Å². The molecule has 0 unspecified atom stereocenters. The molecule has 0 amide bonds. The number of aliphatic hydroxyl groups excluding tert-OH is 3. The number of tetrazole rings is 1. The lowest BCUT2D eigenvalue weighted by Gasteiger charge is -2.32. The summed E-state index contributed by atoms with van der Waals surface area (Å²) >= 11 is 6.27. The monoisotopic (exact) mass is 623 g/mol. The summed E-state index contributed by atoms with van der Waals surface area (Å²) < 4.78 is 24.9. The number of ether oxygens (including phenoxy) is 2. The van der Waals surface area contributed by atoms with Crippen LogP contribution in [0.1, 0.15) is 35.6 Å². The lowest BCUT2D eigenvalue weighted by molar-refractivity contribution is -0.109. The Kier molecular flexibility index (Phi) is 7.71. The zero-order chi connectivity index (χ0) is 29.6. The number of anilines is 1. The van der Waals surface area contributed by atoms with E-state index in [0.717, 1.165) is 18.4 Å². The van der Waals surface area contributed by atoms with Gasteiger partial charge < -0.3 is 39.9 Å². The summed E-state index contributed by atoms with van der Waals surface area (Å²) in [7, 11) is -5.13. The van der Waals surface area contributed by atoms with Gasteiger partial charge in [-0.05, 0) is 35.6 Å². The van der Waals surface area contributed by atoms with E-state index in [1.165, 1.54) is 16.4 Å². The molecule has 1 aliphatic heterocycles. The lowest BCUT2D eigenvalue weighted by Crippen LogP contribution is -2.43. The number of fused-ring (bicyclic) bond motifs is 2. The molecule has 17 nitrogen and oxygen atoms in total. The second-order valence-corrected chi connectivity index (χ2v) is 12.4. The first kappa shape index (κ1) is 29.0. The average molecular weight is 624 g/mol. The normalized spacial score (nSPS) is 25.5. The van der Waals surface area contributed by atoms with Gasteiger partial charge in [-0.15, -0.1) is 10.2 Å². The highest BCUT2D eigenvalue weighted by atomic mass is 35.5. The SMILES string of the molecule is O=P(O)(O)[C@@](CO)(Cc1nn[nH]n1)OC[C@H]1O[C@@H](n2ncc3c(N[C@@H]4CCc5ccccc54)nc(Cl)nc32)[C@H](O)[C@@H]1O. The number of H-pyrrole nitrogens is 1. The van der Waals surface area contributed by atoms with Gasteiger partial charge in [0.05, 0.1) is 37.3 Å². The maximum Gasteiger partial charge on any atom is 0.359 e. The van der Waals surface area contributed by atoms with Gasteiger partial charge in [0.1, 0.15) is 24.1 Å². The van der Waals surface area contributed by atoms with Crippen molar-refractivity contribution >= 4 is 36.0 Å². The molecule has 6 atom stereocenters. The van der Waals surface area contributed by atoms with Crippen LogP contribution in [0.2, 0.25) is 5.28 Å². The molecule has 1 fully saturated rings. The first-order chi connectivity index (χ1) is 20.1. The number of aromatic amines is 1. The molecule has 0 radical (unpaired) electrons. The third kappa shape index (κ3) is 5.16. The summed E-state index contributed by atoms with van der Waals surface area (Å²) in [6.45, 7) is -1.73. The van der Waals surface area contributed by atoms with E-state index in [1.807, 2.05) is 12.1 Å². The highest BCUT2D eigenvalue weighted by Crippen LogP contribution is 2.53. The Labute approximate surface area is 242 Å². The Balaban J connectivity index is 1.23. The topological polar surface area (TPSA) is 247 Å². The molecule has 19 heteroatoms. The van der Waals surface area contributed by atoms with Crippen LogP contribution in [0, 0.1) is 0 Å². The first-order valence-corrected chi connectivity index (χ1v) is 14.9. The van der Waals surface area contributed by atoms with E-state index >= 15 is 0 Å². The zero-order valence-electron chi connectivity index (χ0n) is 21.7. The minimum atomic E-state index is -5.13. The third-order valence-electron chi connectivity index (χ3n) is 7.57. The molecular formula is C23H27ClN9O8P. The van der Waals surface area contributed by atoms with Crippen LogP contribution in [-0.4, -0.2) is 102 Å². The molecule has 1 aliphatic carbocycles. The molecule has 0 saturated carbocycles. The Morgan fingerprint density at radius 1 is 1.24 bits per heavy atom. The molecule has 4 heterocycles. The van der Waals surface area contributed by atoms with E-state index in [2.05, 4.69) is 53.1 Å². The van der Waals surface area contributed by atoms with Crippen molar-refractivity contribution in [2.75, 3.05) is 18.5 Å². The maximum atomic E-state index is 12.3. The molecule has 3 aromatic heterocycles. The van der Waals surface area contributed by atoms with Gasteiger partial charge in [-0.2, -0.15) is 20.3 Å². The van der Waals surface area contributed by atoms with Gasteiger partial charge in [-0.25, -0.2) is 4.68 Å². The number of nitrogens with zero attached hydrogens (tertiary/aromatic N) is 7. The van der Waals surface area contributed by atoms with E-state index in [-0.39, 0.29) is 22.8 Å². The molecule has 42 heavy (non-hydrogen) atoms. The number of halogens is 1. The summed E-state index contributed by atoms with van der Waals surface area (Å²) in [5.74, 6) is 0.310. The van der Waals surface area contributed by atoms with Crippen LogP contribution >= 0.6 is 19.2 Å². The van der Waals surface area contributed by atoms with Crippen LogP contribution < -0.4 is 5.32 Å². The van der Waals surface area contributed by atoms with E-state index in [4.69, 9.17) is 21.1 Å². The standard InChI is InChI=1S/C23H27ClN9O8P/c24-22-27-19(26-14-6-5-11-3-1-2-4-12(11)14)13-8-25-33(20(13)28-22)21-18(36)17(35)15(41-21)9-40-23(10-34,42(37,38)39)7-16-29-31-32-30-16/h1-4,8,14-15,17-18,21,34-36H,5-7,9-10H2,(H,26,27,28)(H2,37,38,39)(H,29,30,31,32)/t14-,15-,17-,18-,21-,23-/m1/s1. The molecule has 4 aromatic rings. The first-order valence-electron chi connectivity index (χ1n) is 12.9. The molecule has 0 bridgehead atoms. The molecular weight excluding hydrogens is 597 g/mol. The van der Waals surface area contributed by atoms with Crippen molar-refractivity contribution in [2.24, 2.45) is 0 Å². The summed E-state index contributed by atoms with van der Waals surface area (Å²) in [6, 6.07) is 8.09. The van der Waals surface area contributed by atoms with Crippen LogP contribution in [0.25, 0.3) is 11.0 Å². The number of nitrogens with one attached hydrogen (secondary N) is 2. The molecule has 224 valence electrons. The number of hydrogen-bond donors (Lipinski definition) is 7. The third-order valence-corrected chi connectivity index (χ3v) is 9.23. The van der Waals surface area contributed by atoms with Crippen molar-refractivity contribution in [3.63, 3.8) is 0 Å². The second kappa shape index (κ2) is 11.2. The molecule has 1 aromatic carbocycles. The van der Waals surface area contributed by atoms with E-state index in [1.54, 1.807) is 0 Å². The van der Waals surface area contributed by atoms with Crippen molar-refractivity contribution in [1.29, 1.82) is 0 Å². The smallest absolute Gasteiger partial charge is 0.359 e. The number of aliphatic hydroxyl groups is 3. The highest BCUT2D eigenvalue weighted by molar-refractivity contribution is 7.53. The number of aryl methyl sites for hydroxylation is 1. The van der Waals surface area contributed by atoms with Gasteiger partial charge in [0.2, 0.25) is 5.28 Å². The Hall–Kier alpha value is -3.12. The minimum absolute atomic E-state index is 0.0105. The molecule has 1 saturated heterocycles. The summed E-state index contributed by atoms with van der Waals surface area (Å²) in [5.41, 5.74) is 2.62. The molecule has 2 aliphatic rings. The van der Waals surface area contributed by atoms with Gasteiger partial charge in [-0.1, -0.05) is 29.5 Å². The highest BCUT2D eigenvalue weighted by Gasteiger charge is 2.52. The van der Waals surface area contributed by atoms with Crippen LogP contribution in [0.15, 0.2) is 30.5 Å². The number of aromatic nitrogens is 8. The lowest BCUT2D eigenvalue weighted by atomic mass is 10.1. The fourth-order valence-corrected chi connectivity index (χ4v) is 6.25. The van der Waals surface area contributed by atoms with Crippen molar-refractivity contribution < 1.29 is 39.1 Å². The van der Waals surface area contributed by atoms with E-state index < -0.39 is 57.1 Å². The van der Waals surface area contributed by atoms with Crippen molar-refractivity contribution in [3.8, 4) is 0 Å². The summed E-state index contributed by atoms with van der Waals surface area (Å²) in [5, 5.41) is 50.1. The Bertz CT molecular complexity index is 1620. The van der Waals surface area contributed by atoms with E-state index in [9.17, 15) is 29.7 Å². The largest absolute Gasteiger partial charge is 0.393 e. The van der Waals surface area contributed by atoms with Crippen LogP contribution in [0.3, 0.4) is 0 Å². The van der Waals surface area contributed by atoms with Crippen LogP contribution in [0.5, 0.6) is 0 Å². The van der Waals surface area contributed by atoms with Gasteiger partial charge in [0, 0.05) is 0 Å². The molecule has 6 rings (SSSR count). The number of benzene rings is 1. The van der Waals surface area contributed by atoms with Gasteiger partial charge in [0.15, 0.2) is 23.0 Å². The van der Waals surface area contributed by atoms with Gasteiger partial charge >= 0.3 is 7.60 Å². The van der Waals surface area contributed by atoms with Crippen molar-refractivity contribution in [3.05, 3.63) is 52.7 Å². The number of hydrogen-bond acceptors (Lipinski definition) is 13. The minimum Gasteiger partial charge on any atom is -0.393 e. The van der Waals surface area contributed by atoms with Crippen LogP contribution in [0.4, 0.5) is 5.82 Å². The summed E-state index contributed by atoms with van der Waals surface area (Å²) in [4.78, 5) is 28.6. The second-order valence-electron chi connectivity index (χ2n) is 10.1. The number of rotatable bonds is 10. The maximum absolute atomic E-state index is 12.3. The Morgan fingerprint density at radius 2 is 2.05 bits per heavy atom. The van der Waals surface area contributed by atoms with Gasteiger partial charge in [0.25, 0.3) is 0 Å². The molecule has 0 spiro atoms. The fraction of sp³-hybridized carbons (Fsp3) is 0.478.